The Morgan fingerprint density at radius 2 is 1.36 bits per heavy atom. The highest BCUT2D eigenvalue weighted by Crippen LogP contribution is 2.44. The molecule has 0 aliphatic carbocycles. The lowest BCUT2D eigenvalue weighted by Crippen LogP contribution is -1.96. The van der Waals surface area contributed by atoms with Gasteiger partial charge in [0.25, 0.3) is 0 Å². The van der Waals surface area contributed by atoms with E-state index in [2.05, 4.69) is 0 Å². The highest BCUT2D eigenvalue weighted by molar-refractivity contribution is 7.90. The smallest absolute Gasteiger partial charge is 0.231 e. The molecule has 0 amide bonds. The van der Waals surface area contributed by atoms with Gasteiger partial charge in [-0.1, -0.05) is 35.3 Å². The first-order valence-corrected chi connectivity index (χ1v) is 10.8. The summed E-state index contributed by atoms with van der Waals surface area (Å²) < 4.78 is 48.2. The average molecular weight is 439 g/mol. The summed E-state index contributed by atoms with van der Waals surface area (Å²) in [4.78, 5) is 0.214. The summed E-state index contributed by atoms with van der Waals surface area (Å²) in [5, 5.41) is -0.197. The molecule has 1 aliphatic rings. The maximum Gasteiger partial charge on any atom is 0.231 e. The van der Waals surface area contributed by atoms with Crippen molar-refractivity contribution in [1.82, 2.24) is 0 Å². The standard InChI is InChI=1S/C20H13Cl2FO4S/c1-28(24,25)13-4-2-11(3-5-13)14-8-18-19(27-10-26-18)9-15(14)12-6-16(21)20(23)17(22)7-12/h2-9H,10H2,1H3. The molecule has 0 fully saturated rings. The Kier molecular flexibility index (Phi) is 4.73. The molecule has 3 aromatic carbocycles. The van der Waals surface area contributed by atoms with Crippen molar-refractivity contribution in [3.63, 3.8) is 0 Å². The topological polar surface area (TPSA) is 52.6 Å². The summed E-state index contributed by atoms with van der Waals surface area (Å²) in [6.07, 6.45) is 1.15. The summed E-state index contributed by atoms with van der Waals surface area (Å²) in [5.41, 5.74) is 2.78. The van der Waals surface area contributed by atoms with Crippen LogP contribution in [0.3, 0.4) is 0 Å². The van der Waals surface area contributed by atoms with Crippen LogP contribution in [0.25, 0.3) is 22.3 Å². The van der Waals surface area contributed by atoms with Crippen molar-refractivity contribution in [3.05, 3.63) is 64.4 Å². The lowest BCUT2D eigenvalue weighted by atomic mass is 9.94. The maximum atomic E-state index is 13.9. The number of halogens is 3. The summed E-state index contributed by atoms with van der Waals surface area (Å²) in [7, 11) is -3.31. The molecule has 4 nitrogen and oxygen atoms in total. The number of hydrogen-bond acceptors (Lipinski definition) is 4. The molecule has 4 rings (SSSR count). The van der Waals surface area contributed by atoms with Crippen LogP contribution >= 0.6 is 23.2 Å². The van der Waals surface area contributed by atoms with Crippen molar-refractivity contribution < 1.29 is 22.3 Å². The van der Waals surface area contributed by atoms with Gasteiger partial charge in [0.05, 0.1) is 14.9 Å². The fraction of sp³-hybridized carbons (Fsp3) is 0.100. The first-order valence-electron chi connectivity index (χ1n) is 8.13. The molecule has 8 heteroatoms. The van der Waals surface area contributed by atoms with Gasteiger partial charge >= 0.3 is 0 Å². The molecule has 144 valence electrons. The van der Waals surface area contributed by atoms with E-state index in [0.29, 0.717) is 22.6 Å². The summed E-state index contributed by atoms with van der Waals surface area (Å²) >= 11 is 11.9. The Labute approximate surface area is 171 Å². The summed E-state index contributed by atoms with van der Waals surface area (Å²) in [6, 6.07) is 13.0. The highest BCUT2D eigenvalue weighted by atomic mass is 35.5. The molecule has 0 N–H and O–H groups in total. The molecule has 1 aliphatic heterocycles. The van der Waals surface area contributed by atoms with Crippen LogP contribution in [-0.4, -0.2) is 21.5 Å². The number of rotatable bonds is 3. The molecule has 0 saturated carbocycles. The van der Waals surface area contributed by atoms with Crippen molar-refractivity contribution in [2.75, 3.05) is 13.0 Å². The fourth-order valence-corrected chi connectivity index (χ4v) is 4.13. The number of benzene rings is 3. The molecule has 0 radical (unpaired) electrons. The first-order chi connectivity index (χ1) is 13.2. The Morgan fingerprint density at radius 1 is 0.857 bits per heavy atom. The molecule has 0 aromatic heterocycles. The Hall–Kier alpha value is -2.28. The predicted molar refractivity (Wildman–Crippen MR) is 107 cm³/mol. The zero-order chi connectivity index (χ0) is 20.1. The van der Waals surface area contributed by atoms with Gasteiger partial charge in [0, 0.05) is 6.26 Å². The van der Waals surface area contributed by atoms with E-state index in [1.807, 2.05) is 0 Å². The molecule has 0 bridgehead atoms. The van der Waals surface area contributed by atoms with Crippen molar-refractivity contribution in [2.24, 2.45) is 0 Å². The van der Waals surface area contributed by atoms with E-state index in [9.17, 15) is 12.8 Å². The van der Waals surface area contributed by atoms with Crippen molar-refractivity contribution in [2.45, 2.75) is 4.90 Å². The molecule has 0 spiro atoms. The lowest BCUT2D eigenvalue weighted by Gasteiger charge is -2.13. The van der Waals surface area contributed by atoms with E-state index in [0.717, 1.165) is 17.4 Å². The van der Waals surface area contributed by atoms with Gasteiger partial charge in [-0.05, 0) is 58.7 Å². The zero-order valence-electron chi connectivity index (χ0n) is 14.5. The van der Waals surface area contributed by atoms with Crippen molar-refractivity contribution in [3.8, 4) is 33.8 Å². The third-order valence-electron chi connectivity index (χ3n) is 4.40. The number of hydrogen-bond donors (Lipinski definition) is 0. The normalized spacial score (nSPS) is 13.0. The van der Waals surface area contributed by atoms with Gasteiger partial charge in [-0.25, -0.2) is 12.8 Å². The van der Waals surface area contributed by atoms with Crippen LogP contribution in [0.15, 0.2) is 53.4 Å². The van der Waals surface area contributed by atoms with Crippen molar-refractivity contribution >= 4 is 33.0 Å². The van der Waals surface area contributed by atoms with Crippen LogP contribution in [-0.2, 0) is 9.84 Å². The Bertz CT molecular complexity index is 1170. The second-order valence-electron chi connectivity index (χ2n) is 6.30. The minimum Gasteiger partial charge on any atom is -0.454 e. The summed E-state index contributed by atoms with van der Waals surface area (Å²) in [6.45, 7) is 0.0934. The molecule has 3 aromatic rings. The van der Waals surface area contributed by atoms with Gasteiger partial charge in [0.2, 0.25) is 6.79 Å². The highest BCUT2D eigenvalue weighted by Gasteiger charge is 2.21. The van der Waals surface area contributed by atoms with Gasteiger partial charge in [-0.2, -0.15) is 0 Å². The molecular weight excluding hydrogens is 426 g/mol. The van der Waals surface area contributed by atoms with Gasteiger partial charge in [-0.3, -0.25) is 0 Å². The second kappa shape index (κ2) is 6.95. The zero-order valence-corrected chi connectivity index (χ0v) is 16.8. The van der Waals surface area contributed by atoms with Crippen LogP contribution in [0.2, 0.25) is 10.0 Å². The molecule has 0 saturated heterocycles. The number of ether oxygens (including phenoxy) is 2. The third kappa shape index (κ3) is 3.43. The molecule has 0 atom stereocenters. The third-order valence-corrected chi connectivity index (χ3v) is 6.08. The van der Waals surface area contributed by atoms with Crippen LogP contribution in [0.5, 0.6) is 11.5 Å². The van der Waals surface area contributed by atoms with Crippen LogP contribution < -0.4 is 9.47 Å². The summed E-state index contributed by atoms with van der Waals surface area (Å²) in [5.74, 6) is 0.417. The molecule has 1 heterocycles. The number of sulfone groups is 1. The van der Waals surface area contributed by atoms with Crippen molar-refractivity contribution in [1.29, 1.82) is 0 Å². The first kappa shape index (κ1) is 19.1. The van der Waals surface area contributed by atoms with E-state index in [1.54, 1.807) is 24.3 Å². The van der Waals surface area contributed by atoms with Gasteiger partial charge in [-0.15, -0.1) is 0 Å². The largest absolute Gasteiger partial charge is 0.454 e. The van der Waals surface area contributed by atoms with Crippen LogP contribution in [0.1, 0.15) is 0 Å². The average Bonchev–Trinajstić information content (AvgIpc) is 3.11. The van der Waals surface area contributed by atoms with Gasteiger partial charge < -0.3 is 9.47 Å². The predicted octanol–water partition coefficient (Wildman–Crippen LogP) is 5.60. The van der Waals surface area contributed by atoms with E-state index < -0.39 is 15.7 Å². The quantitative estimate of drug-likeness (QED) is 0.499. The van der Waals surface area contributed by atoms with E-state index in [-0.39, 0.29) is 21.7 Å². The monoisotopic (exact) mass is 438 g/mol. The van der Waals surface area contributed by atoms with Crippen LogP contribution in [0, 0.1) is 5.82 Å². The van der Waals surface area contributed by atoms with E-state index in [4.69, 9.17) is 32.7 Å². The van der Waals surface area contributed by atoms with Gasteiger partial charge in [0.15, 0.2) is 27.2 Å². The minimum absolute atomic E-state index is 0.0934. The van der Waals surface area contributed by atoms with Gasteiger partial charge in [0.1, 0.15) is 0 Å². The fourth-order valence-electron chi connectivity index (χ4n) is 3.01. The van der Waals surface area contributed by atoms with Crippen LogP contribution in [0.4, 0.5) is 4.39 Å². The number of fused-ring (bicyclic) bond motifs is 1. The SMILES string of the molecule is CS(=O)(=O)c1ccc(-c2cc3c(cc2-c2cc(Cl)c(F)c(Cl)c2)OCO3)cc1. The second-order valence-corrected chi connectivity index (χ2v) is 9.13. The minimum atomic E-state index is -3.31. The molecule has 0 unspecified atom stereocenters. The molecular formula is C20H13Cl2FO4S. The van der Waals surface area contributed by atoms with E-state index >= 15 is 0 Å². The Balaban J connectivity index is 1.92. The Morgan fingerprint density at radius 3 is 1.86 bits per heavy atom. The van der Waals surface area contributed by atoms with E-state index in [1.165, 1.54) is 24.3 Å². The molecule has 28 heavy (non-hydrogen) atoms. The lowest BCUT2D eigenvalue weighted by molar-refractivity contribution is 0.174. The maximum absolute atomic E-state index is 13.9.